The van der Waals surface area contributed by atoms with E-state index in [1.54, 1.807) is 0 Å². The summed E-state index contributed by atoms with van der Waals surface area (Å²) in [4.78, 5) is 0. The first-order valence-electron chi connectivity index (χ1n) is 2.72. The van der Waals surface area contributed by atoms with Gasteiger partial charge in [-0.25, -0.2) is 0 Å². The highest BCUT2D eigenvalue weighted by molar-refractivity contribution is 6.63. The Balaban J connectivity index is -0.000000101. The SMILES string of the molecule is ClC(Cl)Cl.ClCCCl.ClCCCl. The van der Waals surface area contributed by atoms with Crippen molar-refractivity contribution in [2.75, 3.05) is 23.5 Å². The van der Waals surface area contributed by atoms with Crippen LogP contribution < -0.4 is 0 Å². The van der Waals surface area contributed by atoms with Crippen LogP contribution >= 0.6 is 81.2 Å². The largest absolute Gasteiger partial charge is 0.180 e. The lowest BCUT2D eigenvalue weighted by Gasteiger charge is -1.69. The van der Waals surface area contributed by atoms with E-state index in [1.807, 2.05) is 0 Å². The summed E-state index contributed by atoms with van der Waals surface area (Å²) in [6, 6.07) is 0. The van der Waals surface area contributed by atoms with E-state index in [2.05, 4.69) is 0 Å². The predicted octanol–water partition coefficient (Wildman–Crippen LogP) is 4.91. The zero-order valence-electron chi connectivity index (χ0n) is 6.05. The molecular weight excluding hydrogens is 308 g/mol. The summed E-state index contributed by atoms with van der Waals surface area (Å²) in [7, 11) is 0. The van der Waals surface area contributed by atoms with E-state index >= 15 is 0 Å². The van der Waals surface area contributed by atoms with Crippen LogP contribution in [0, 0.1) is 0 Å². The Morgan fingerprint density at radius 1 is 0.583 bits per heavy atom. The smallest absolute Gasteiger partial charge is 0.125 e. The molecule has 0 amide bonds. The second-order valence-electron chi connectivity index (χ2n) is 1.00. The molecule has 0 aliphatic rings. The summed E-state index contributed by atoms with van der Waals surface area (Å²) in [6.45, 7) is 0. The summed E-state index contributed by atoms with van der Waals surface area (Å²) in [5.41, 5.74) is 0. The van der Waals surface area contributed by atoms with Gasteiger partial charge in [0.1, 0.15) is 0 Å². The maximum Gasteiger partial charge on any atom is 0.180 e. The molecule has 0 aromatic carbocycles. The van der Waals surface area contributed by atoms with E-state index in [9.17, 15) is 0 Å². The molecule has 0 spiro atoms. The van der Waals surface area contributed by atoms with Gasteiger partial charge in [-0.2, -0.15) is 0 Å². The van der Waals surface area contributed by atoms with Gasteiger partial charge in [-0.3, -0.25) is 0 Å². The van der Waals surface area contributed by atoms with Crippen LogP contribution in [0.4, 0.5) is 0 Å². The summed E-state index contributed by atoms with van der Waals surface area (Å²) >= 11 is 34.6. The fourth-order valence-electron chi connectivity index (χ4n) is 0. The molecule has 7 heteroatoms. The van der Waals surface area contributed by atoms with Gasteiger partial charge in [-0.15, -0.1) is 46.4 Å². The Morgan fingerprint density at radius 3 is 0.667 bits per heavy atom. The van der Waals surface area contributed by atoms with E-state index < -0.39 is 4.30 Å². The highest BCUT2D eigenvalue weighted by atomic mass is 35.6. The van der Waals surface area contributed by atoms with Crippen molar-refractivity contribution in [3.63, 3.8) is 0 Å². The summed E-state index contributed by atoms with van der Waals surface area (Å²) in [6.07, 6.45) is 0. The topological polar surface area (TPSA) is 0 Å². The molecule has 0 aromatic heterocycles. The highest BCUT2D eigenvalue weighted by Gasteiger charge is 1.78. The molecule has 0 saturated carbocycles. The van der Waals surface area contributed by atoms with Crippen molar-refractivity contribution in [1.82, 2.24) is 0 Å². The van der Waals surface area contributed by atoms with Gasteiger partial charge < -0.3 is 0 Å². The Bertz CT molecular complexity index is 38.3. The molecule has 0 heterocycles. The van der Waals surface area contributed by atoms with Gasteiger partial charge in [0.05, 0.1) is 0 Å². The normalized spacial score (nSPS) is 8.00. The van der Waals surface area contributed by atoms with Crippen LogP contribution in [0.15, 0.2) is 0 Å². The van der Waals surface area contributed by atoms with Crippen molar-refractivity contribution < 1.29 is 0 Å². The lowest BCUT2D eigenvalue weighted by atomic mass is 11.0. The van der Waals surface area contributed by atoms with Crippen molar-refractivity contribution in [1.29, 1.82) is 0 Å². The Kier molecular flexibility index (Phi) is 37.7. The third-order valence-corrected chi connectivity index (χ3v) is 1.29. The summed E-state index contributed by atoms with van der Waals surface area (Å²) in [5, 5.41) is 0. The first kappa shape index (κ1) is 19.6. The molecule has 0 fully saturated rings. The van der Waals surface area contributed by atoms with Crippen molar-refractivity contribution in [2.45, 2.75) is 4.30 Å². The molecule has 0 aromatic rings. The third-order valence-electron chi connectivity index (χ3n) is 0.143. The first-order valence-corrected chi connectivity index (χ1v) is 6.17. The second-order valence-corrected chi connectivity index (χ2v) is 4.49. The molecular formula is C5H9Cl7. The Hall–Kier alpha value is 2.03. The molecule has 0 nitrogen and oxygen atoms in total. The molecule has 0 N–H and O–H groups in total. The minimum absolute atomic E-state index is 0.557. The Labute approximate surface area is 108 Å². The quantitative estimate of drug-likeness (QED) is 0.635. The van der Waals surface area contributed by atoms with Gasteiger partial charge >= 0.3 is 0 Å². The average Bonchev–Trinajstić information content (AvgIpc) is 2.03. The fourth-order valence-corrected chi connectivity index (χ4v) is 0. The van der Waals surface area contributed by atoms with E-state index in [0.29, 0.717) is 23.5 Å². The standard InChI is InChI=1S/2C2H4Cl2.CHCl3/c2*3-1-2-4;2-1(3)4/h2*1-2H2;1H. The first-order chi connectivity index (χ1) is 5.56. The van der Waals surface area contributed by atoms with Crippen LogP contribution in [-0.4, -0.2) is 27.8 Å². The van der Waals surface area contributed by atoms with Crippen LogP contribution in [0.5, 0.6) is 0 Å². The molecule has 0 atom stereocenters. The number of alkyl halides is 7. The lowest BCUT2D eigenvalue weighted by molar-refractivity contribution is 1.52. The molecule has 0 bridgehead atoms. The monoisotopic (exact) mass is 314 g/mol. The number of halogens is 7. The van der Waals surface area contributed by atoms with Crippen molar-refractivity contribution in [3.05, 3.63) is 0 Å². The van der Waals surface area contributed by atoms with Gasteiger partial charge in [0, 0.05) is 23.5 Å². The van der Waals surface area contributed by atoms with E-state index in [0.717, 1.165) is 0 Å². The van der Waals surface area contributed by atoms with Crippen LogP contribution in [-0.2, 0) is 0 Å². The van der Waals surface area contributed by atoms with Crippen LogP contribution in [0.2, 0.25) is 0 Å². The molecule has 78 valence electrons. The molecule has 0 unspecified atom stereocenters. The molecule has 0 saturated heterocycles. The highest BCUT2D eigenvalue weighted by Crippen LogP contribution is 2.03. The number of hydrogen-bond acceptors (Lipinski definition) is 0. The third kappa shape index (κ3) is 90.1. The molecule has 0 aliphatic heterocycles. The average molecular weight is 317 g/mol. The van der Waals surface area contributed by atoms with E-state index in [1.165, 1.54) is 0 Å². The zero-order valence-corrected chi connectivity index (χ0v) is 11.3. The maximum atomic E-state index is 5.05. The van der Waals surface area contributed by atoms with Gasteiger partial charge in [0.25, 0.3) is 0 Å². The van der Waals surface area contributed by atoms with Crippen LogP contribution in [0.3, 0.4) is 0 Å². The molecule has 0 radical (unpaired) electrons. The second kappa shape index (κ2) is 23.1. The number of rotatable bonds is 2. The molecule has 12 heavy (non-hydrogen) atoms. The summed E-state index contributed by atoms with van der Waals surface area (Å²) in [5.74, 6) is 2.23. The molecule has 0 rings (SSSR count). The number of hydrogen-bond donors (Lipinski definition) is 0. The van der Waals surface area contributed by atoms with Crippen molar-refractivity contribution in [2.24, 2.45) is 0 Å². The maximum absolute atomic E-state index is 5.05. The van der Waals surface area contributed by atoms with Crippen molar-refractivity contribution in [3.8, 4) is 0 Å². The van der Waals surface area contributed by atoms with Crippen LogP contribution in [0.1, 0.15) is 0 Å². The lowest BCUT2D eigenvalue weighted by Crippen LogP contribution is -1.63. The predicted molar refractivity (Wildman–Crippen MR) is 64.2 cm³/mol. The molecule has 0 aliphatic carbocycles. The minimum Gasteiger partial charge on any atom is -0.125 e. The van der Waals surface area contributed by atoms with Crippen LogP contribution in [0.25, 0.3) is 0 Å². The van der Waals surface area contributed by atoms with Gasteiger partial charge in [-0.1, -0.05) is 34.8 Å². The van der Waals surface area contributed by atoms with E-state index in [-0.39, 0.29) is 0 Å². The summed E-state index contributed by atoms with van der Waals surface area (Å²) < 4.78 is -0.750. The minimum atomic E-state index is -0.750. The fraction of sp³-hybridized carbons (Fsp3) is 1.00. The van der Waals surface area contributed by atoms with E-state index in [4.69, 9.17) is 81.2 Å². The van der Waals surface area contributed by atoms with Gasteiger partial charge in [0.15, 0.2) is 4.30 Å². The van der Waals surface area contributed by atoms with Gasteiger partial charge in [-0.05, 0) is 0 Å². The van der Waals surface area contributed by atoms with Crippen molar-refractivity contribution >= 4 is 81.2 Å². The van der Waals surface area contributed by atoms with Gasteiger partial charge in [0.2, 0.25) is 0 Å². The zero-order chi connectivity index (χ0) is 10.4. The Morgan fingerprint density at radius 2 is 0.667 bits per heavy atom.